The summed E-state index contributed by atoms with van der Waals surface area (Å²) < 4.78 is 5.85. The first kappa shape index (κ1) is 15.4. The zero-order valence-electron chi connectivity index (χ0n) is 12.5. The lowest BCUT2D eigenvalue weighted by Gasteiger charge is -2.14. The van der Waals surface area contributed by atoms with Gasteiger partial charge in [0.05, 0.1) is 11.3 Å². The number of aromatic nitrogens is 2. The van der Waals surface area contributed by atoms with Crippen molar-refractivity contribution in [2.24, 2.45) is 5.73 Å². The highest BCUT2D eigenvalue weighted by Crippen LogP contribution is 2.27. The Balaban J connectivity index is 2.50. The minimum atomic E-state index is 0.291. The van der Waals surface area contributed by atoms with Crippen LogP contribution in [0.4, 0.5) is 0 Å². The van der Waals surface area contributed by atoms with E-state index in [0.29, 0.717) is 22.2 Å². The summed E-state index contributed by atoms with van der Waals surface area (Å²) >= 11 is 5.18. The third-order valence-electron chi connectivity index (χ3n) is 3.26. The first-order valence-corrected chi connectivity index (χ1v) is 7.40. The maximum atomic E-state index is 5.88. The summed E-state index contributed by atoms with van der Waals surface area (Å²) in [4.78, 5) is 0.291. The lowest BCUT2D eigenvalue weighted by Crippen LogP contribution is -2.17. The molecule has 0 fully saturated rings. The molecule has 2 N–H and O–H groups in total. The van der Waals surface area contributed by atoms with Gasteiger partial charge in [0.1, 0.15) is 10.7 Å². The lowest BCUT2D eigenvalue weighted by atomic mass is 10.0. The van der Waals surface area contributed by atoms with Crippen LogP contribution in [-0.2, 0) is 12.8 Å². The Morgan fingerprint density at radius 1 is 1.24 bits per heavy atom. The molecule has 5 heteroatoms. The first-order chi connectivity index (χ1) is 10.1. The maximum absolute atomic E-state index is 5.88. The van der Waals surface area contributed by atoms with Gasteiger partial charge in [-0.2, -0.15) is 5.10 Å². The standard InChI is InChI=1S/C16H19N3OS/c1-4-12-13(5-2)18-19-16(14(12)15(17)21)20-11-8-6-7-10(3)9-11/h6-9H,4-5H2,1-3H3,(H2,17,21). The van der Waals surface area contributed by atoms with E-state index in [4.69, 9.17) is 22.7 Å². The van der Waals surface area contributed by atoms with Gasteiger partial charge < -0.3 is 10.5 Å². The molecule has 0 unspecified atom stereocenters. The number of ether oxygens (including phenoxy) is 1. The van der Waals surface area contributed by atoms with Crippen molar-refractivity contribution in [3.63, 3.8) is 0 Å². The highest BCUT2D eigenvalue weighted by atomic mass is 32.1. The molecule has 0 amide bonds. The number of aryl methyl sites for hydroxylation is 2. The van der Waals surface area contributed by atoms with Crippen molar-refractivity contribution in [1.82, 2.24) is 10.2 Å². The summed E-state index contributed by atoms with van der Waals surface area (Å²) in [6.45, 7) is 6.09. The number of rotatable bonds is 5. The summed E-state index contributed by atoms with van der Waals surface area (Å²) in [6.07, 6.45) is 1.58. The molecule has 1 heterocycles. The number of hydrogen-bond donors (Lipinski definition) is 1. The molecule has 0 spiro atoms. The van der Waals surface area contributed by atoms with Gasteiger partial charge in [0, 0.05) is 0 Å². The summed E-state index contributed by atoms with van der Waals surface area (Å²) in [5.41, 5.74) is 9.62. The smallest absolute Gasteiger partial charge is 0.249 e. The van der Waals surface area contributed by atoms with Crippen LogP contribution in [0.15, 0.2) is 24.3 Å². The predicted octanol–water partition coefficient (Wildman–Crippen LogP) is 3.34. The van der Waals surface area contributed by atoms with Crippen LogP contribution in [-0.4, -0.2) is 15.2 Å². The Morgan fingerprint density at radius 3 is 2.57 bits per heavy atom. The van der Waals surface area contributed by atoms with E-state index >= 15 is 0 Å². The van der Waals surface area contributed by atoms with Crippen molar-refractivity contribution in [1.29, 1.82) is 0 Å². The highest BCUT2D eigenvalue weighted by molar-refractivity contribution is 7.80. The Bertz CT molecular complexity index is 671. The van der Waals surface area contributed by atoms with Crippen molar-refractivity contribution < 1.29 is 4.74 Å². The molecular weight excluding hydrogens is 282 g/mol. The number of benzene rings is 1. The van der Waals surface area contributed by atoms with Gasteiger partial charge in [0.15, 0.2) is 0 Å². The van der Waals surface area contributed by atoms with Crippen LogP contribution in [0.1, 0.15) is 36.2 Å². The van der Waals surface area contributed by atoms with Gasteiger partial charge in [-0.3, -0.25) is 0 Å². The molecule has 0 aliphatic heterocycles. The molecule has 0 atom stereocenters. The molecule has 2 rings (SSSR count). The SMILES string of the molecule is CCc1nnc(Oc2cccc(C)c2)c(C(N)=S)c1CC. The molecule has 0 radical (unpaired) electrons. The van der Waals surface area contributed by atoms with E-state index < -0.39 is 0 Å². The van der Waals surface area contributed by atoms with Crippen molar-refractivity contribution in [3.8, 4) is 11.6 Å². The summed E-state index contributed by atoms with van der Waals surface area (Å²) in [5.74, 6) is 1.08. The average molecular weight is 301 g/mol. The number of nitrogens with zero attached hydrogens (tertiary/aromatic N) is 2. The van der Waals surface area contributed by atoms with Crippen molar-refractivity contribution in [3.05, 3.63) is 46.6 Å². The largest absolute Gasteiger partial charge is 0.437 e. The Labute approximate surface area is 130 Å². The number of hydrogen-bond acceptors (Lipinski definition) is 4. The van der Waals surface area contributed by atoms with Gasteiger partial charge in [-0.05, 0) is 43.0 Å². The Morgan fingerprint density at radius 2 is 2.00 bits per heavy atom. The fourth-order valence-electron chi connectivity index (χ4n) is 2.27. The van der Waals surface area contributed by atoms with E-state index in [0.717, 1.165) is 29.7 Å². The van der Waals surface area contributed by atoms with Gasteiger partial charge in [-0.25, -0.2) is 0 Å². The minimum Gasteiger partial charge on any atom is -0.437 e. The topological polar surface area (TPSA) is 61.0 Å². The molecular formula is C16H19N3OS. The molecule has 0 bridgehead atoms. The van der Waals surface area contributed by atoms with E-state index in [2.05, 4.69) is 10.2 Å². The highest BCUT2D eigenvalue weighted by Gasteiger charge is 2.18. The van der Waals surface area contributed by atoms with Gasteiger partial charge in [-0.15, -0.1) is 5.10 Å². The number of nitrogens with two attached hydrogens (primary N) is 1. The van der Waals surface area contributed by atoms with Crippen molar-refractivity contribution >= 4 is 17.2 Å². The molecule has 0 saturated heterocycles. The summed E-state index contributed by atoms with van der Waals surface area (Å²) in [5, 5.41) is 8.40. The fraction of sp³-hybridized carbons (Fsp3) is 0.312. The van der Waals surface area contributed by atoms with E-state index in [1.807, 2.05) is 45.0 Å². The second kappa shape index (κ2) is 6.63. The van der Waals surface area contributed by atoms with E-state index in [1.165, 1.54) is 0 Å². The normalized spacial score (nSPS) is 10.4. The predicted molar refractivity (Wildman–Crippen MR) is 87.9 cm³/mol. The minimum absolute atomic E-state index is 0.291. The molecule has 1 aromatic carbocycles. The van der Waals surface area contributed by atoms with Crippen LogP contribution in [0.25, 0.3) is 0 Å². The van der Waals surface area contributed by atoms with Crippen LogP contribution < -0.4 is 10.5 Å². The average Bonchev–Trinajstić information content (AvgIpc) is 2.46. The van der Waals surface area contributed by atoms with Crippen LogP contribution in [0, 0.1) is 6.92 Å². The van der Waals surface area contributed by atoms with Crippen LogP contribution in [0.3, 0.4) is 0 Å². The van der Waals surface area contributed by atoms with E-state index in [9.17, 15) is 0 Å². The number of thiocarbonyl (C=S) groups is 1. The maximum Gasteiger partial charge on any atom is 0.249 e. The van der Waals surface area contributed by atoms with E-state index in [-0.39, 0.29) is 0 Å². The molecule has 0 aliphatic carbocycles. The summed E-state index contributed by atoms with van der Waals surface area (Å²) in [6, 6.07) is 7.74. The van der Waals surface area contributed by atoms with Gasteiger partial charge in [0.25, 0.3) is 0 Å². The Kier molecular flexibility index (Phi) is 4.85. The molecule has 2 aromatic rings. The zero-order valence-corrected chi connectivity index (χ0v) is 13.3. The van der Waals surface area contributed by atoms with Crippen LogP contribution in [0.5, 0.6) is 11.6 Å². The molecule has 0 aliphatic rings. The lowest BCUT2D eigenvalue weighted by molar-refractivity contribution is 0.451. The molecule has 1 aromatic heterocycles. The third-order valence-corrected chi connectivity index (χ3v) is 3.47. The van der Waals surface area contributed by atoms with E-state index in [1.54, 1.807) is 0 Å². The Hall–Kier alpha value is -2.01. The third kappa shape index (κ3) is 3.36. The second-order valence-electron chi connectivity index (χ2n) is 4.80. The zero-order chi connectivity index (χ0) is 15.4. The molecule has 21 heavy (non-hydrogen) atoms. The van der Waals surface area contributed by atoms with Crippen molar-refractivity contribution in [2.45, 2.75) is 33.6 Å². The van der Waals surface area contributed by atoms with Gasteiger partial charge in [-0.1, -0.05) is 38.2 Å². The summed E-state index contributed by atoms with van der Waals surface area (Å²) in [7, 11) is 0. The molecule has 4 nitrogen and oxygen atoms in total. The quantitative estimate of drug-likeness (QED) is 0.858. The monoisotopic (exact) mass is 301 g/mol. The first-order valence-electron chi connectivity index (χ1n) is 6.99. The second-order valence-corrected chi connectivity index (χ2v) is 5.24. The van der Waals surface area contributed by atoms with Gasteiger partial charge >= 0.3 is 0 Å². The van der Waals surface area contributed by atoms with Crippen LogP contribution in [0.2, 0.25) is 0 Å². The van der Waals surface area contributed by atoms with Crippen molar-refractivity contribution in [2.75, 3.05) is 0 Å². The van der Waals surface area contributed by atoms with Gasteiger partial charge in [0.2, 0.25) is 5.88 Å². The fourth-order valence-corrected chi connectivity index (χ4v) is 2.48. The molecule has 0 saturated carbocycles. The molecule has 110 valence electrons. The van der Waals surface area contributed by atoms with Crippen LogP contribution >= 0.6 is 12.2 Å².